The molecule has 1 aliphatic rings. The summed E-state index contributed by atoms with van der Waals surface area (Å²) < 4.78 is 0. The Labute approximate surface area is 158 Å². The number of aromatic amines is 1. The van der Waals surface area contributed by atoms with Crippen LogP contribution in [0.25, 0.3) is 22.2 Å². The molecule has 3 aromatic rings. The Morgan fingerprint density at radius 1 is 1.08 bits per heavy atom. The zero-order valence-electron chi connectivity index (χ0n) is 14.7. The van der Waals surface area contributed by atoms with Gasteiger partial charge in [0.2, 0.25) is 0 Å². The molecule has 1 saturated heterocycles. The zero-order valence-corrected chi connectivity index (χ0v) is 15.4. The highest BCUT2D eigenvalue weighted by Crippen LogP contribution is 2.29. The maximum atomic E-state index is 7.61. The number of amidine groups is 1. The summed E-state index contributed by atoms with van der Waals surface area (Å²) in [6.07, 6.45) is 3.91. The second-order valence-electron chi connectivity index (χ2n) is 7.08. The van der Waals surface area contributed by atoms with E-state index in [-0.39, 0.29) is 5.84 Å². The van der Waals surface area contributed by atoms with Crippen molar-refractivity contribution >= 4 is 28.3 Å². The molecule has 1 fully saturated rings. The molecule has 0 spiro atoms. The predicted octanol–water partition coefficient (Wildman–Crippen LogP) is 4.76. The Balaban J connectivity index is 1.66. The lowest BCUT2D eigenvalue weighted by Gasteiger charge is -2.26. The van der Waals surface area contributed by atoms with Gasteiger partial charge in [-0.1, -0.05) is 18.0 Å². The minimum Gasteiger partial charge on any atom is -0.384 e. The van der Waals surface area contributed by atoms with E-state index in [9.17, 15) is 0 Å². The van der Waals surface area contributed by atoms with E-state index in [1.165, 1.54) is 37.9 Å². The third kappa shape index (κ3) is 3.62. The summed E-state index contributed by atoms with van der Waals surface area (Å²) in [5.41, 5.74) is 10.7. The quantitative estimate of drug-likeness (QED) is 0.460. The molecule has 0 atom stereocenters. The molecule has 4 rings (SSSR count). The van der Waals surface area contributed by atoms with Crippen molar-refractivity contribution in [1.82, 2.24) is 9.88 Å². The van der Waals surface area contributed by atoms with E-state index in [2.05, 4.69) is 28.1 Å². The molecule has 1 aliphatic heterocycles. The number of aromatic nitrogens is 1. The van der Waals surface area contributed by atoms with Crippen LogP contribution in [0.3, 0.4) is 0 Å². The standard InChI is InChI=1S/C21H23ClN4/c22-18-9-14(13-26-6-2-1-3-7-26)8-16(11-18)20-12-17-10-15(21(23)24)4-5-19(17)25-20/h4-5,8-12,25H,1-3,6-7,13H2,(H3,23,24). The monoisotopic (exact) mass is 366 g/mol. The van der Waals surface area contributed by atoms with Crippen molar-refractivity contribution in [1.29, 1.82) is 5.41 Å². The number of nitrogen functional groups attached to an aromatic ring is 1. The molecule has 26 heavy (non-hydrogen) atoms. The fourth-order valence-electron chi connectivity index (χ4n) is 3.73. The van der Waals surface area contributed by atoms with E-state index in [0.717, 1.165) is 39.3 Å². The highest BCUT2D eigenvalue weighted by Gasteiger charge is 2.12. The van der Waals surface area contributed by atoms with Crippen LogP contribution < -0.4 is 5.73 Å². The maximum absolute atomic E-state index is 7.61. The Hall–Kier alpha value is -2.30. The van der Waals surface area contributed by atoms with Crippen molar-refractivity contribution in [2.45, 2.75) is 25.8 Å². The minimum atomic E-state index is 0.0845. The van der Waals surface area contributed by atoms with Crippen LogP contribution in [0.2, 0.25) is 5.02 Å². The third-order valence-corrected chi connectivity index (χ3v) is 5.27. The lowest BCUT2D eigenvalue weighted by atomic mass is 10.1. The normalized spacial score (nSPS) is 15.4. The lowest BCUT2D eigenvalue weighted by molar-refractivity contribution is 0.221. The fraction of sp³-hybridized carbons (Fsp3) is 0.286. The number of likely N-dealkylation sites (tertiary alicyclic amines) is 1. The van der Waals surface area contributed by atoms with Crippen LogP contribution in [0.5, 0.6) is 0 Å². The molecule has 5 heteroatoms. The Morgan fingerprint density at radius 2 is 1.88 bits per heavy atom. The van der Waals surface area contributed by atoms with E-state index >= 15 is 0 Å². The number of nitrogens with zero attached hydrogens (tertiary/aromatic N) is 1. The van der Waals surface area contributed by atoms with Gasteiger partial charge in [0.1, 0.15) is 5.84 Å². The summed E-state index contributed by atoms with van der Waals surface area (Å²) in [7, 11) is 0. The highest BCUT2D eigenvalue weighted by atomic mass is 35.5. The molecular weight excluding hydrogens is 344 g/mol. The number of rotatable bonds is 4. The third-order valence-electron chi connectivity index (χ3n) is 5.06. The summed E-state index contributed by atoms with van der Waals surface area (Å²) in [5, 5.41) is 9.41. The number of piperidine rings is 1. The van der Waals surface area contributed by atoms with Crippen LogP contribution in [0.1, 0.15) is 30.4 Å². The summed E-state index contributed by atoms with van der Waals surface area (Å²) in [4.78, 5) is 5.96. The molecule has 0 bridgehead atoms. The molecule has 2 aromatic carbocycles. The van der Waals surface area contributed by atoms with Gasteiger partial charge in [-0.05, 0) is 79.5 Å². The molecule has 1 aromatic heterocycles. The van der Waals surface area contributed by atoms with Gasteiger partial charge in [0.25, 0.3) is 0 Å². The SMILES string of the molecule is N=C(N)c1ccc2[nH]c(-c3cc(Cl)cc(CN4CCCCC4)c3)cc2c1. The number of hydrogen-bond acceptors (Lipinski definition) is 2. The van der Waals surface area contributed by atoms with Gasteiger partial charge < -0.3 is 10.7 Å². The van der Waals surface area contributed by atoms with Gasteiger partial charge in [-0.2, -0.15) is 0 Å². The number of H-pyrrole nitrogens is 1. The van der Waals surface area contributed by atoms with Crippen LogP contribution in [0.15, 0.2) is 42.5 Å². The van der Waals surface area contributed by atoms with Gasteiger partial charge in [-0.3, -0.25) is 10.3 Å². The molecule has 0 unspecified atom stereocenters. The molecule has 0 aliphatic carbocycles. The highest BCUT2D eigenvalue weighted by molar-refractivity contribution is 6.31. The van der Waals surface area contributed by atoms with Gasteiger partial charge in [-0.15, -0.1) is 0 Å². The second-order valence-corrected chi connectivity index (χ2v) is 7.52. The minimum absolute atomic E-state index is 0.0845. The smallest absolute Gasteiger partial charge is 0.122 e. The van der Waals surface area contributed by atoms with Crippen LogP contribution in [-0.2, 0) is 6.54 Å². The first kappa shape index (κ1) is 17.1. The van der Waals surface area contributed by atoms with E-state index in [1.54, 1.807) is 0 Å². The van der Waals surface area contributed by atoms with Crippen molar-refractivity contribution in [3.05, 3.63) is 58.6 Å². The van der Waals surface area contributed by atoms with E-state index < -0.39 is 0 Å². The van der Waals surface area contributed by atoms with Crippen LogP contribution in [0, 0.1) is 5.41 Å². The second kappa shape index (κ2) is 7.14. The molecule has 0 amide bonds. The van der Waals surface area contributed by atoms with E-state index in [0.29, 0.717) is 0 Å². The van der Waals surface area contributed by atoms with E-state index in [4.69, 9.17) is 22.7 Å². The topological polar surface area (TPSA) is 68.9 Å². The van der Waals surface area contributed by atoms with Gasteiger partial charge in [0, 0.05) is 33.7 Å². The average molecular weight is 367 g/mol. The zero-order chi connectivity index (χ0) is 18.1. The summed E-state index contributed by atoms with van der Waals surface area (Å²) in [6.45, 7) is 3.28. The molecule has 2 heterocycles. The van der Waals surface area contributed by atoms with Crippen LogP contribution >= 0.6 is 11.6 Å². The molecule has 134 valence electrons. The molecule has 4 N–H and O–H groups in total. The number of hydrogen-bond donors (Lipinski definition) is 3. The number of halogens is 1. The van der Waals surface area contributed by atoms with Gasteiger partial charge in [0.05, 0.1) is 0 Å². The molecule has 0 radical (unpaired) electrons. The Morgan fingerprint density at radius 3 is 2.65 bits per heavy atom. The number of benzene rings is 2. The first-order chi connectivity index (χ1) is 12.6. The number of nitrogens with two attached hydrogens (primary N) is 1. The van der Waals surface area contributed by atoms with Gasteiger partial charge in [0.15, 0.2) is 0 Å². The number of fused-ring (bicyclic) bond motifs is 1. The number of nitrogens with one attached hydrogen (secondary N) is 2. The summed E-state index contributed by atoms with van der Waals surface area (Å²) >= 11 is 6.41. The Bertz CT molecular complexity index is 954. The van der Waals surface area contributed by atoms with Crippen molar-refractivity contribution in [2.75, 3.05) is 13.1 Å². The van der Waals surface area contributed by atoms with Crippen molar-refractivity contribution in [2.24, 2.45) is 5.73 Å². The molecule has 0 saturated carbocycles. The van der Waals surface area contributed by atoms with E-state index in [1.807, 2.05) is 24.3 Å². The van der Waals surface area contributed by atoms with Crippen LogP contribution in [0.4, 0.5) is 0 Å². The fourth-order valence-corrected chi connectivity index (χ4v) is 3.99. The molecular formula is C21H23ClN4. The maximum Gasteiger partial charge on any atom is 0.122 e. The lowest BCUT2D eigenvalue weighted by Crippen LogP contribution is -2.29. The first-order valence-corrected chi connectivity index (χ1v) is 9.46. The van der Waals surface area contributed by atoms with Crippen LogP contribution in [-0.4, -0.2) is 28.8 Å². The van der Waals surface area contributed by atoms with Gasteiger partial charge in [-0.25, -0.2) is 0 Å². The summed E-state index contributed by atoms with van der Waals surface area (Å²) in [6, 6.07) is 14.2. The van der Waals surface area contributed by atoms with Crippen molar-refractivity contribution in [3.63, 3.8) is 0 Å². The van der Waals surface area contributed by atoms with Crippen molar-refractivity contribution < 1.29 is 0 Å². The summed E-state index contributed by atoms with van der Waals surface area (Å²) in [5.74, 6) is 0.0845. The van der Waals surface area contributed by atoms with Crippen molar-refractivity contribution in [3.8, 4) is 11.3 Å². The van der Waals surface area contributed by atoms with Gasteiger partial charge >= 0.3 is 0 Å². The average Bonchev–Trinajstić information content (AvgIpc) is 3.05. The predicted molar refractivity (Wildman–Crippen MR) is 109 cm³/mol. The Kier molecular flexibility index (Phi) is 4.70. The largest absolute Gasteiger partial charge is 0.384 e. The first-order valence-electron chi connectivity index (χ1n) is 9.08. The molecule has 4 nitrogen and oxygen atoms in total.